The summed E-state index contributed by atoms with van der Waals surface area (Å²) < 4.78 is 29.3. The van der Waals surface area contributed by atoms with Gasteiger partial charge in [0.1, 0.15) is 11.6 Å². The fraction of sp³-hybridized carbons (Fsp3) is 0.400. The maximum Gasteiger partial charge on any atom is 0.184 e. The second-order valence-electron chi connectivity index (χ2n) is 8.75. The van der Waals surface area contributed by atoms with Crippen LogP contribution in [-0.2, 0) is 0 Å². The lowest BCUT2D eigenvalue weighted by molar-refractivity contribution is 0.0896. The summed E-state index contributed by atoms with van der Waals surface area (Å²) in [6.07, 6.45) is 5.98. The molecule has 4 rings (SSSR count). The smallest absolute Gasteiger partial charge is 0.184 e. The molecule has 0 saturated carbocycles. The van der Waals surface area contributed by atoms with Crippen LogP contribution in [0.15, 0.2) is 41.5 Å². The second-order valence-corrected chi connectivity index (χ2v) is 9.19. The summed E-state index contributed by atoms with van der Waals surface area (Å²) in [4.78, 5) is 17.0. The zero-order valence-corrected chi connectivity index (χ0v) is 19.8. The molecular weight excluding hydrogens is 456 g/mol. The molecule has 0 aliphatic carbocycles. The third kappa shape index (κ3) is 5.52. The molecule has 2 aromatic rings. The Hall–Kier alpha value is -3.07. The molecule has 34 heavy (non-hydrogen) atoms. The summed E-state index contributed by atoms with van der Waals surface area (Å²) in [6, 6.07) is 9.45. The van der Waals surface area contributed by atoms with Crippen LogP contribution in [0.2, 0.25) is 0 Å². The van der Waals surface area contributed by atoms with E-state index in [4.69, 9.17) is 18.0 Å². The van der Waals surface area contributed by atoms with Gasteiger partial charge in [-0.15, -0.1) is 0 Å². The maximum atomic E-state index is 15.2. The number of carbonyl (C=O) groups is 1. The number of carbonyl (C=O) groups excluding carboxylic acids is 1. The topological polar surface area (TPSA) is 74.0 Å². The number of benzene rings is 2. The molecule has 2 aromatic carbocycles. The molecule has 0 atom stereocenters. The quantitative estimate of drug-likeness (QED) is 0.276. The van der Waals surface area contributed by atoms with Gasteiger partial charge in [0, 0.05) is 43.3 Å². The predicted octanol–water partition coefficient (Wildman–Crippen LogP) is 4.22. The molecule has 0 unspecified atom stereocenters. The SMILES string of the molecule is NC(=S)N/N=C/c1cc(F)c(N2CCC(C(=O)c3ccccc3F)CC2)cc1N1CCCCC1. The Morgan fingerprint density at radius 3 is 2.35 bits per heavy atom. The summed E-state index contributed by atoms with van der Waals surface area (Å²) in [5, 5.41) is 4.07. The van der Waals surface area contributed by atoms with Crippen LogP contribution in [0.3, 0.4) is 0 Å². The number of ketones is 1. The molecule has 0 spiro atoms. The zero-order chi connectivity index (χ0) is 24.1. The third-order valence-electron chi connectivity index (χ3n) is 6.52. The van der Waals surface area contributed by atoms with Gasteiger partial charge in [-0.1, -0.05) is 12.1 Å². The molecule has 2 fully saturated rings. The number of nitrogens with two attached hydrogens (primary N) is 1. The van der Waals surface area contributed by atoms with E-state index in [2.05, 4.69) is 15.4 Å². The van der Waals surface area contributed by atoms with Gasteiger partial charge >= 0.3 is 0 Å². The van der Waals surface area contributed by atoms with Crippen LogP contribution in [0.4, 0.5) is 20.2 Å². The first-order valence-corrected chi connectivity index (χ1v) is 12.1. The highest BCUT2D eigenvalue weighted by Crippen LogP contribution is 2.34. The summed E-state index contributed by atoms with van der Waals surface area (Å²) in [5.41, 5.74) is 10.2. The minimum atomic E-state index is -0.491. The number of hydrazone groups is 1. The lowest BCUT2D eigenvalue weighted by Gasteiger charge is -2.35. The van der Waals surface area contributed by atoms with E-state index in [9.17, 15) is 9.18 Å². The number of hydrogen-bond acceptors (Lipinski definition) is 5. The highest BCUT2D eigenvalue weighted by Gasteiger charge is 2.29. The van der Waals surface area contributed by atoms with Crippen LogP contribution >= 0.6 is 12.2 Å². The van der Waals surface area contributed by atoms with Crippen LogP contribution in [0, 0.1) is 17.6 Å². The summed E-state index contributed by atoms with van der Waals surface area (Å²) in [7, 11) is 0. The Bertz CT molecular complexity index is 1080. The van der Waals surface area contributed by atoms with Crippen LogP contribution in [-0.4, -0.2) is 43.3 Å². The van der Waals surface area contributed by atoms with E-state index < -0.39 is 5.82 Å². The van der Waals surface area contributed by atoms with Crippen molar-refractivity contribution in [1.29, 1.82) is 0 Å². The minimum absolute atomic E-state index is 0.0423. The van der Waals surface area contributed by atoms with E-state index in [-0.39, 0.29) is 28.2 Å². The van der Waals surface area contributed by atoms with Gasteiger partial charge < -0.3 is 15.5 Å². The van der Waals surface area contributed by atoms with Gasteiger partial charge in [0.15, 0.2) is 10.9 Å². The number of piperidine rings is 2. The van der Waals surface area contributed by atoms with Crippen LogP contribution in [0.1, 0.15) is 48.0 Å². The number of Topliss-reactive ketones (excluding diaryl/α,β-unsaturated/α-hetero) is 1. The number of anilines is 2. The van der Waals surface area contributed by atoms with Crippen molar-refractivity contribution in [2.45, 2.75) is 32.1 Å². The summed E-state index contributed by atoms with van der Waals surface area (Å²) in [6.45, 7) is 2.84. The monoisotopic (exact) mass is 485 g/mol. The predicted molar refractivity (Wildman–Crippen MR) is 136 cm³/mol. The third-order valence-corrected chi connectivity index (χ3v) is 6.61. The van der Waals surface area contributed by atoms with E-state index in [1.165, 1.54) is 30.8 Å². The van der Waals surface area contributed by atoms with Gasteiger partial charge in [0.25, 0.3) is 0 Å². The molecule has 2 saturated heterocycles. The molecule has 9 heteroatoms. The van der Waals surface area contributed by atoms with Crippen molar-refractivity contribution >= 4 is 40.7 Å². The minimum Gasteiger partial charge on any atom is -0.375 e. The largest absolute Gasteiger partial charge is 0.375 e. The van der Waals surface area contributed by atoms with E-state index in [0.717, 1.165) is 31.6 Å². The molecule has 2 aliphatic rings. The van der Waals surface area contributed by atoms with Crippen molar-refractivity contribution in [1.82, 2.24) is 5.43 Å². The number of halogens is 2. The molecule has 0 amide bonds. The molecule has 3 N–H and O–H groups in total. The van der Waals surface area contributed by atoms with Crippen LogP contribution in [0.5, 0.6) is 0 Å². The zero-order valence-electron chi connectivity index (χ0n) is 19.0. The van der Waals surface area contributed by atoms with Gasteiger partial charge in [0.05, 0.1) is 17.5 Å². The Morgan fingerprint density at radius 1 is 1.00 bits per heavy atom. The van der Waals surface area contributed by atoms with Crippen LogP contribution in [0.25, 0.3) is 0 Å². The van der Waals surface area contributed by atoms with E-state index in [1.807, 2.05) is 11.0 Å². The van der Waals surface area contributed by atoms with Crippen molar-refractivity contribution in [3.63, 3.8) is 0 Å². The maximum absolute atomic E-state index is 15.2. The fourth-order valence-electron chi connectivity index (χ4n) is 4.75. The summed E-state index contributed by atoms with van der Waals surface area (Å²) in [5.74, 6) is -1.29. The second kappa shape index (κ2) is 10.9. The van der Waals surface area contributed by atoms with Crippen molar-refractivity contribution in [3.8, 4) is 0 Å². The first-order chi connectivity index (χ1) is 16.4. The average Bonchev–Trinajstić information content (AvgIpc) is 2.84. The van der Waals surface area contributed by atoms with Crippen molar-refractivity contribution in [2.75, 3.05) is 36.0 Å². The molecule has 180 valence electrons. The Balaban J connectivity index is 1.53. The van der Waals surface area contributed by atoms with Crippen molar-refractivity contribution < 1.29 is 13.6 Å². The first kappa shape index (κ1) is 24.1. The Kier molecular flexibility index (Phi) is 7.72. The Morgan fingerprint density at radius 2 is 1.68 bits per heavy atom. The van der Waals surface area contributed by atoms with Gasteiger partial charge in [-0.25, -0.2) is 8.78 Å². The number of nitrogens with one attached hydrogen (secondary N) is 1. The number of hydrogen-bond donors (Lipinski definition) is 2. The van der Waals surface area contributed by atoms with Crippen molar-refractivity contribution in [3.05, 3.63) is 59.2 Å². The number of nitrogens with zero attached hydrogens (tertiary/aromatic N) is 3. The normalized spacial score (nSPS) is 17.2. The molecule has 0 aromatic heterocycles. The van der Waals surface area contributed by atoms with E-state index >= 15 is 4.39 Å². The number of thiocarbonyl (C=S) groups is 1. The molecular formula is C25H29F2N5OS. The molecule has 2 heterocycles. The molecule has 6 nitrogen and oxygen atoms in total. The summed E-state index contributed by atoms with van der Waals surface area (Å²) >= 11 is 4.78. The Labute approximate surface area is 203 Å². The van der Waals surface area contributed by atoms with E-state index in [0.29, 0.717) is 37.2 Å². The van der Waals surface area contributed by atoms with Gasteiger partial charge in [-0.3, -0.25) is 10.2 Å². The fourth-order valence-corrected chi connectivity index (χ4v) is 4.80. The average molecular weight is 486 g/mol. The highest BCUT2D eigenvalue weighted by molar-refractivity contribution is 7.80. The lowest BCUT2D eigenvalue weighted by Crippen LogP contribution is -2.37. The number of rotatable bonds is 6. The molecule has 2 aliphatic heterocycles. The van der Waals surface area contributed by atoms with Gasteiger partial charge in [-0.2, -0.15) is 5.10 Å². The standard InChI is InChI=1S/C25H29F2N5OS/c26-20-7-3-2-6-19(20)24(33)17-8-12-32(13-9-17)23-15-22(31-10-4-1-5-11-31)18(14-21(23)27)16-29-30-25(28)34/h2-3,6-7,14-17H,1,4-5,8-13H2,(H3,28,30,34)/b29-16+. The van der Waals surface area contributed by atoms with Gasteiger partial charge in [-0.05, 0) is 68.6 Å². The molecule has 0 bridgehead atoms. The van der Waals surface area contributed by atoms with Gasteiger partial charge in [0.2, 0.25) is 0 Å². The highest BCUT2D eigenvalue weighted by atomic mass is 32.1. The molecule has 0 radical (unpaired) electrons. The van der Waals surface area contributed by atoms with Crippen molar-refractivity contribution in [2.24, 2.45) is 16.8 Å². The van der Waals surface area contributed by atoms with E-state index in [1.54, 1.807) is 12.1 Å². The van der Waals surface area contributed by atoms with Crippen LogP contribution < -0.4 is 21.0 Å². The first-order valence-electron chi connectivity index (χ1n) is 11.6. The lowest BCUT2D eigenvalue weighted by atomic mass is 9.88.